The van der Waals surface area contributed by atoms with Crippen molar-refractivity contribution < 1.29 is 9.18 Å². The molecule has 0 aliphatic carbocycles. The Kier molecular flexibility index (Phi) is 4.43. The van der Waals surface area contributed by atoms with Crippen LogP contribution in [0.4, 0.5) is 4.39 Å². The fourth-order valence-corrected chi connectivity index (χ4v) is 3.06. The van der Waals surface area contributed by atoms with Crippen molar-refractivity contribution in [1.29, 1.82) is 0 Å². The third kappa shape index (κ3) is 2.85. The van der Waals surface area contributed by atoms with Crippen LogP contribution in [0.3, 0.4) is 0 Å². The minimum absolute atomic E-state index is 0.0549. The van der Waals surface area contributed by atoms with Crippen molar-refractivity contribution in [3.8, 4) is 0 Å². The van der Waals surface area contributed by atoms with Crippen molar-refractivity contribution in [3.05, 3.63) is 35.1 Å². The largest absolute Gasteiger partial charge is 0.332 e. The van der Waals surface area contributed by atoms with Gasteiger partial charge in [0.1, 0.15) is 5.82 Å². The topological polar surface area (TPSA) is 46.3 Å². The molecule has 20 heavy (non-hydrogen) atoms. The summed E-state index contributed by atoms with van der Waals surface area (Å²) in [4.78, 5) is 14.2. The van der Waals surface area contributed by atoms with Crippen molar-refractivity contribution in [2.45, 2.75) is 58.2 Å². The molecule has 2 atom stereocenters. The quantitative estimate of drug-likeness (QED) is 0.904. The lowest BCUT2D eigenvalue weighted by Gasteiger charge is -2.37. The zero-order valence-electron chi connectivity index (χ0n) is 12.4. The van der Waals surface area contributed by atoms with Crippen LogP contribution in [-0.4, -0.2) is 22.9 Å². The Morgan fingerprint density at radius 1 is 1.40 bits per heavy atom. The van der Waals surface area contributed by atoms with Gasteiger partial charge in [-0.3, -0.25) is 4.79 Å². The Labute approximate surface area is 120 Å². The van der Waals surface area contributed by atoms with E-state index in [2.05, 4.69) is 0 Å². The summed E-state index contributed by atoms with van der Waals surface area (Å²) in [5.74, 6) is -0.167. The number of benzene rings is 1. The van der Waals surface area contributed by atoms with Crippen LogP contribution >= 0.6 is 0 Å². The molecule has 2 rings (SSSR count). The van der Waals surface area contributed by atoms with Gasteiger partial charge in [-0.05, 0) is 56.9 Å². The lowest BCUT2D eigenvalue weighted by molar-refractivity contribution is -0.135. The Bertz CT molecular complexity index is 501. The summed E-state index contributed by atoms with van der Waals surface area (Å²) in [6, 6.07) is 4.39. The van der Waals surface area contributed by atoms with Crippen molar-refractivity contribution in [1.82, 2.24) is 4.90 Å². The molecule has 1 aromatic rings. The highest BCUT2D eigenvalue weighted by Gasteiger charge is 2.35. The van der Waals surface area contributed by atoms with Crippen LogP contribution in [0.15, 0.2) is 18.2 Å². The molecule has 2 N–H and O–H groups in total. The Balaban J connectivity index is 2.51. The van der Waals surface area contributed by atoms with Gasteiger partial charge in [0.15, 0.2) is 0 Å². The van der Waals surface area contributed by atoms with E-state index in [1.807, 2.05) is 25.7 Å². The highest BCUT2D eigenvalue weighted by Crippen LogP contribution is 2.33. The summed E-state index contributed by atoms with van der Waals surface area (Å²) in [5, 5.41) is 0. The van der Waals surface area contributed by atoms with Crippen molar-refractivity contribution in [3.63, 3.8) is 0 Å². The monoisotopic (exact) mass is 278 g/mol. The Hall–Kier alpha value is -1.42. The number of aryl methyl sites for hydroxylation is 1. The number of amides is 1. The lowest BCUT2D eigenvalue weighted by Crippen LogP contribution is -2.46. The first-order chi connectivity index (χ1) is 9.41. The molecule has 1 aliphatic rings. The van der Waals surface area contributed by atoms with Gasteiger partial charge in [0.2, 0.25) is 5.91 Å². The molecule has 0 saturated carbocycles. The third-order valence-corrected chi connectivity index (χ3v) is 4.04. The minimum Gasteiger partial charge on any atom is -0.332 e. The fraction of sp³-hybridized carbons (Fsp3) is 0.562. The first kappa shape index (κ1) is 15.0. The molecule has 1 saturated heterocycles. The number of hydrogen-bond acceptors (Lipinski definition) is 2. The molecule has 2 unspecified atom stereocenters. The minimum atomic E-state index is -0.279. The van der Waals surface area contributed by atoms with Crippen LogP contribution in [0.25, 0.3) is 0 Å². The molecule has 0 spiro atoms. The molecular weight excluding hydrogens is 255 g/mol. The molecule has 1 amide bonds. The maximum Gasteiger partial charge on any atom is 0.223 e. The highest BCUT2D eigenvalue weighted by molar-refractivity contribution is 5.77. The van der Waals surface area contributed by atoms with Crippen molar-refractivity contribution in [2.24, 2.45) is 5.73 Å². The predicted molar refractivity (Wildman–Crippen MR) is 77.7 cm³/mol. The average Bonchev–Trinajstić information content (AvgIpc) is 2.51. The van der Waals surface area contributed by atoms with Gasteiger partial charge >= 0.3 is 0 Å². The molecule has 1 aromatic carbocycles. The van der Waals surface area contributed by atoms with Gasteiger partial charge in [-0.25, -0.2) is 4.39 Å². The number of nitrogens with two attached hydrogens (primary N) is 1. The van der Waals surface area contributed by atoms with E-state index < -0.39 is 0 Å². The smallest absolute Gasteiger partial charge is 0.223 e. The highest BCUT2D eigenvalue weighted by atomic mass is 19.1. The summed E-state index contributed by atoms with van der Waals surface area (Å²) in [6.45, 7) is 5.91. The van der Waals surface area contributed by atoms with Gasteiger partial charge in [-0.2, -0.15) is 0 Å². The summed E-state index contributed by atoms with van der Waals surface area (Å²) in [7, 11) is 0. The lowest BCUT2D eigenvalue weighted by atomic mass is 9.92. The third-order valence-electron chi connectivity index (χ3n) is 4.04. The zero-order chi connectivity index (χ0) is 14.9. The van der Waals surface area contributed by atoms with Gasteiger partial charge in [0, 0.05) is 18.5 Å². The molecule has 1 heterocycles. The van der Waals surface area contributed by atoms with Crippen LogP contribution < -0.4 is 5.73 Å². The molecule has 1 fully saturated rings. The summed E-state index contributed by atoms with van der Waals surface area (Å²) >= 11 is 0. The van der Waals surface area contributed by atoms with E-state index in [1.165, 1.54) is 12.1 Å². The molecule has 0 bridgehead atoms. The number of carbonyl (C=O) groups is 1. The van der Waals surface area contributed by atoms with Crippen LogP contribution in [0.5, 0.6) is 0 Å². The molecular formula is C16H23FN2O. The molecule has 0 aromatic heterocycles. The maximum absolute atomic E-state index is 13.6. The van der Waals surface area contributed by atoms with E-state index in [-0.39, 0.29) is 29.8 Å². The number of likely N-dealkylation sites (tertiary alicyclic amines) is 1. The first-order valence-corrected chi connectivity index (χ1v) is 7.24. The average molecular weight is 278 g/mol. The number of hydrogen-bond donors (Lipinski definition) is 1. The van der Waals surface area contributed by atoms with Crippen molar-refractivity contribution in [2.75, 3.05) is 0 Å². The SMILES string of the molecule is Cc1ccc(F)cc1C1C(N)CCCC(=O)N1C(C)C. The second-order valence-corrected chi connectivity index (χ2v) is 5.90. The second-order valence-electron chi connectivity index (χ2n) is 5.90. The van der Waals surface area contributed by atoms with Crippen LogP contribution in [0.2, 0.25) is 0 Å². The zero-order valence-corrected chi connectivity index (χ0v) is 12.4. The first-order valence-electron chi connectivity index (χ1n) is 7.24. The number of carbonyl (C=O) groups excluding carboxylic acids is 1. The Morgan fingerprint density at radius 2 is 2.10 bits per heavy atom. The van der Waals surface area contributed by atoms with Gasteiger partial charge in [0.05, 0.1) is 6.04 Å². The van der Waals surface area contributed by atoms with E-state index in [4.69, 9.17) is 5.73 Å². The van der Waals surface area contributed by atoms with Crippen LogP contribution in [0.1, 0.15) is 50.3 Å². The molecule has 110 valence electrons. The molecule has 4 heteroatoms. The summed E-state index contributed by atoms with van der Waals surface area (Å²) < 4.78 is 13.6. The van der Waals surface area contributed by atoms with Gasteiger partial charge < -0.3 is 10.6 Å². The van der Waals surface area contributed by atoms with Gasteiger partial charge in [0.25, 0.3) is 0 Å². The van der Waals surface area contributed by atoms with E-state index >= 15 is 0 Å². The maximum atomic E-state index is 13.6. The van der Waals surface area contributed by atoms with Crippen molar-refractivity contribution >= 4 is 5.91 Å². The summed E-state index contributed by atoms with van der Waals surface area (Å²) in [5.41, 5.74) is 8.12. The number of rotatable bonds is 2. The second kappa shape index (κ2) is 5.92. The number of halogens is 1. The predicted octanol–water partition coefficient (Wildman–Crippen LogP) is 2.92. The van der Waals surface area contributed by atoms with E-state index in [0.717, 1.165) is 24.0 Å². The number of nitrogens with zero attached hydrogens (tertiary/aromatic N) is 1. The van der Waals surface area contributed by atoms with Crippen LogP contribution in [0, 0.1) is 12.7 Å². The van der Waals surface area contributed by atoms with E-state index in [9.17, 15) is 9.18 Å². The molecule has 1 aliphatic heterocycles. The molecule has 3 nitrogen and oxygen atoms in total. The van der Waals surface area contributed by atoms with Crippen LogP contribution in [-0.2, 0) is 4.79 Å². The normalized spacial score (nSPS) is 24.1. The Morgan fingerprint density at radius 3 is 2.75 bits per heavy atom. The molecule has 0 radical (unpaired) electrons. The standard InChI is InChI=1S/C16H23FN2O/c1-10(2)19-15(20)6-4-5-14(18)16(19)13-9-12(17)8-7-11(13)3/h7-10,14,16H,4-6,18H2,1-3H3. The fourth-order valence-electron chi connectivity index (χ4n) is 3.06. The van der Waals surface area contributed by atoms with E-state index in [1.54, 1.807) is 6.07 Å². The van der Waals surface area contributed by atoms with E-state index in [0.29, 0.717) is 6.42 Å². The summed E-state index contributed by atoms with van der Waals surface area (Å²) in [6.07, 6.45) is 2.11. The van der Waals surface area contributed by atoms with Gasteiger partial charge in [-0.15, -0.1) is 0 Å². The van der Waals surface area contributed by atoms with Gasteiger partial charge in [-0.1, -0.05) is 6.07 Å².